The van der Waals surface area contributed by atoms with Crippen molar-refractivity contribution in [2.45, 2.75) is 16.7 Å². The number of rotatable bonds is 6. The van der Waals surface area contributed by atoms with Crippen LogP contribution in [0.2, 0.25) is 0 Å². The van der Waals surface area contributed by atoms with Gasteiger partial charge in [0, 0.05) is 18.0 Å². The number of hydrogen-bond acceptors (Lipinski definition) is 6. The van der Waals surface area contributed by atoms with E-state index in [9.17, 15) is 0 Å². The van der Waals surface area contributed by atoms with Gasteiger partial charge in [-0.3, -0.25) is 0 Å². The van der Waals surface area contributed by atoms with E-state index in [-0.39, 0.29) is 0 Å². The fourth-order valence-corrected chi connectivity index (χ4v) is 3.37. The second kappa shape index (κ2) is 9.31. The van der Waals surface area contributed by atoms with Gasteiger partial charge < -0.3 is 15.1 Å². The van der Waals surface area contributed by atoms with Gasteiger partial charge in [0.15, 0.2) is 10.3 Å². The monoisotopic (exact) mass is 419 g/mol. The van der Waals surface area contributed by atoms with Gasteiger partial charge in [-0.1, -0.05) is 30.3 Å². The zero-order chi connectivity index (χ0) is 19.9. The van der Waals surface area contributed by atoms with Crippen LogP contribution in [0.5, 0.6) is 0 Å². The number of furan rings is 1. The first kappa shape index (κ1) is 19.1. The average molecular weight is 420 g/mol. The summed E-state index contributed by atoms with van der Waals surface area (Å²) >= 11 is 6.76. The molecule has 3 aromatic heterocycles. The number of pyridine rings is 1. The SMILES string of the molecule is S=C(NCc1ccc(-c2ccccc2)o1)Nc1ccc(Sc2ncccn2)nc1. The van der Waals surface area contributed by atoms with Gasteiger partial charge in [-0.25, -0.2) is 15.0 Å². The van der Waals surface area contributed by atoms with Crippen LogP contribution in [-0.4, -0.2) is 20.1 Å². The van der Waals surface area contributed by atoms with Crippen molar-refractivity contribution in [1.82, 2.24) is 20.3 Å². The first-order valence-electron chi connectivity index (χ1n) is 8.86. The Hall–Kier alpha value is -3.23. The lowest BCUT2D eigenvalue weighted by atomic mass is 10.2. The van der Waals surface area contributed by atoms with E-state index >= 15 is 0 Å². The molecule has 0 aliphatic carbocycles. The Bertz CT molecular complexity index is 1070. The molecule has 4 rings (SSSR count). The van der Waals surface area contributed by atoms with Gasteiger partial charge in [0.25, 0.3) is 0 Å². The number of nitrogens with one attached hydrogen (secondary N) is 2. The van der Waals surface area contributed by atoms with E-state index in [1.54, 1.807) is 24.7 Å². The minimum Gasteiger partial charge on any atom is -0.459 e. The maximum Gasteiger partial charge on any atom is 0.193 e. The largest absolute Gasteiger partial charge is 0.459 e. The van der Waals surface area contributed by atoms with Crippen LogP contribution in [0.1, 0.15) is 5.76 Å². The lowest BCUT2D eigenvalue weighted by Crippen LogP contribution is -2.27. The highest BCUT2D eigenvalue weighted by molar-refractivity contribution is 7.99. The van der Waals surface area contributed by atoms with Gasteiger partial charge in [0.1, 0.15) is 16.5 Å². The number of benzene rings is 1. The molecule has 144 valence electrons. The molecule has 0 fully saturated rings. The highest BCUT2D eigenvalue weighted by Crippen LogP contribution is 2.23. The van der Waals surface area contributed by atoms with Crippen LogP contribution in [0.3, 0.4) is 0 Å². The summed E-state index contributed by atoms with van der Waals surface area (Å²) in [6.45, 7) is 0.491. The van der Waals surface area contributed by atoms with E-state index < -0.39 is 0 Å². The van der Waals surface area contributed by atoms with Gasteiger partial charge in [0.05, 0.1) is 18.4 Å². The third kappa shape index (κ3) is 5.40. The maximum atomic E-state index is 5.87. The summed E-state index contributed by atoms with van der Waals surface area (Å²) in [4.78, 5) is 12.7. The molecule has 0 saturated carbocycles. The molecule has 29 heavy (non-hydrogen) atoms. The molecular formula is C21H17N5OS2. The molecule has 0 atom stereocenters. The van der Waals surface area contributed by atoms with Crippen molar-refractivity contribution in [3.63, 3.8) is 0 Å². The summed E-state index contributed by atoms with van der Waals surface area (Å²) in [5, 5.41) is 8.22. The van der Waals surface area contributed by atoms with Crippen LogP contribution in [0.25, 0.3) is 11.3 Å². The summed E-state index contributed by atoms with van der Waals surface area (Å²) < 4.78 is 5.87. The van der Waals surface area contributed by atoms with Gasteiger partial charge in [0.2, 0.25) is 0 Å². The summed E-state index contributed by atoms with van der Waals surface area (Å²) in [5.74, 6) is 1.64. The van der Waals surface area contributed by atoms with Gasteiger partial charge in [-0.2, -0.15) is 0 Å². The molecular weight excluding hydrogens is 402 g/mol. The molecule has 8 heteroatoms. The average Bonchev–Trinajstić information content (AvgIpc) is 3.24. The minimum atomic E-state index is 0.491. The van der Waals surface area contributed by atoms with Crippen molar-refractivity contribution >= 4 is 34.8 Å². The molecule has 3 heterocycles. The topological polar surface area (TPSA) is 75.9 Å². The van der Waals surface area contributed by atoms with Gasteiger partial charge in [-0.15, -0.1) is 0 Å². The Labute approximate surface area is 177 Å². The van der Waals surface area contributed by atoms with Crippen LogP contribution >= 0.6 is 24.0 Å². The van der Waals surface area contributed by atoms with Crippen molar-refractivity contribution < 1.29 is 4.42 Å². The molecule has 0 amide bonds. The van der Waals surface area contributed by atoms with Crippen molar-refractivity contribution in [1.29, 1.82) is 0 Å². The number of hydrogen-bond donors (Lipinski definition) is 2. The predicted octanol–water partition coefficient (Wildman–Crippen LogP) is 4.77. The van der Waals surface area contributed by atoms with E-state index in [1.807, 2.05) is 54.6 Å². The van der Waals surface area contributed by atoms with Crippen LogP contribution in [0, 0.1) is 0 Å². The number of thiocarbonyl (C=S) groups is 1. The molecule has 0 saturated heterocycles. The second-order valence-corrected chi connectivity index (χ2v) is 7.35. The Morgan fingerprint density at radius 3 is 2.52 bits per heavy atom. The Morgan fingerprint density at radius 1 is 0.931 bits per heavy atom. The molecule has 0 bridgehead atoms. The molecule has 0 spiro atoms. The minimum absolute atomic E-state index is 0.491. The number of nitrogens with zero attached hydrogens (tertiary/aromatic N) is 3. The smallest absolute Gasteiger partial charge is 0.193 e. The molecule has 0 aliphatic rings. The summed E-state index contributed by atoms with van der Waals surface area (Å²) in [6.07, 6.45) is 5.13. The number of aromatic nitrogens is 3. The first-order chi connectivity index (χ1) is 14.3. The predicted molar refractivity (Wildman–Crippen MR) is 118 cm³/mol. The maximum absolute atomic E-state index is 5.87. The quantitative estimate of drug-likeness (QED) is 0.342. The summed E-state index contributed by atoms with van der Waals surface area (Å²) in [5.41, 5.74) is 1.84. The molecule has 0 unspecified atom stereocenters. The third-order valence-electron chi connectivity index (χ3n) is 3.88. The molecule has 0 radical (unpaired) electrons. The van der Waals surface area contributed by atoms with Crippen LogP contribution in [0.4, 0.5) is 5.69 Å². The van der Waals surface area contributed by atoms with E-state index in [0.717, 1.165) is 27.8 Å². The van der Waals surface area contributed by atoms with Crippen LogP contribution in [0.15, 0.2) is 93.9 Å². The fraction of sp³-hybridized carbons (Fsp3) is 0.0476. The van der Waals surface area contributed by atoms with Gasteiger partial charge >= 0.3 is 0 Å². The number of anilines is 1. The van der Waals surface area contributed by atoms with Crippen LogP contribution in [-0.2, 0) is 6.54 Å². The van der Waals surface area contributed by atoms with Crippen molar-refractivity contribution in [2.24, 2.45) is 0 Å². The van der Waals surface area contributed by atoms with Crippen molar-refractivity contribution in [3.8, 4) is 11.3 Å². The molecule has 0 aliphatic heterocycles. The third-order valence-corrected chi connectivity index (χ3v) is 4.97. The van der Waals surface area contributed by atoms with Crippen LogP contribution < -0.4 is 10.6 Å². The highest BCUT2D eigenvalue weighted by Gasteiger charge is 2.06. The molecule has 6 nitrogen and oxygen atoms in total. The normalized spacial score (nSPS) is 10.5. The Morgan fingerprint density at radius 2 is 1.76 bits per heavy atom. The standard InChI is InChI=1S/C21H17N5OS2/c28-20(25-14-17-8-9-18(27-17)15-5-2-1-3-6-15)26-16-7-10-19(24-13-16)29-21-22-11-4-12-23-21/h1-13H,14H2,(H2,25,26,28). The molecule has 2 N–H and O–H groups in total. The van der Waals surface area contributed by atoms with E-state index in [0.29, 0.717) is 16.8 Å². The molecule has 4 aromatic rings. The summed E-state index contributed by atoms with van der Waals surface area (Å²) in [6, 6.07) is 19.5. The van der Waals surface area contributed by atoms with Crippen molar-refractivity contribution in [2.75, 3.05) is 5.32 Å². The Kier molecular flexibility index (Phi) is 6.13. The second-order valence-electron chi connectivity index (χ2n) is 5.96. The highest BCUT2D eigenvalue weighted by atomic mass is 32.2. The van der Waals surface area contributed by atoms with Crippen molar-refractivity contribution in [3.05, 3.63) is 85.0 Å². The van der Waals surface area contributed by atoms with E-state index in [2.05, 4.69) is 25.6 Å². The first-order valence-corrected chi connectivity index (χ1v) is 10.1. The lowest BCUT2D eigenvalue weighted by Gasteiger charge is -2.09. The lowest BCUT2D eigenvalue weighted by molar-refractivity contribution is 0.516. The van der Waals surface area contributed by atoms with Gasteiger partial charge in [-0.05, 0) is 54.3 Å². The van der Waals surface area contributed by atoms with E-state index in [4.69, 9.17) is 16.6 Å². The summed E-state index contributed by atoms with van der Waals surface area (Å²) in [7, 11) is 0. The zero-order valence-electron chi connectivity index (χ0n) is 15.3. The fourth-order valence-electron chi connectivity index (χ4n) is 2.52. The molecule has 1 aromatic carbocycles. The zero-order valence-corrected chi connectivity index (χ0v) is 16.9. The van der Waals surface area contributed by atoms with E-state index in [1.165, 1.54) is 11.8 Å². The Balaban J connectivity index is 1.28.